The van der Waals surface area contributed by atoms with Gasteiger partial charge in [-0.1, -0.05) is 22.0 Å². The second kappa shape index (κ2) is 8.75. The predicted molar refractivity (Wildman–Crippen MR) is 97.3 cm³/mol. The van der Waals surface area contributed by atoms with Gasteiger partial charge in [0.15, 0.2) is 0 Å². The number of hydrogen-bond donors (Lipinski definition) is 0. The van der Waals surface area contributed by atoms with Crippen molar-refractivity contribution in [2.45, 2.75) is 24.8 Å². The number of thiophene rings is 1. The van der Waals surface area contributed by atoms with Crippen molar-refractivity contribution in [3.05, 3.63) is 51.1 Å². The maximum absolute atomic E-state index is 12.9. The first kappa shape index (κ1) is 19.1. The highest BCUT2D eigenvalue weighted by Crippen LogP contribution is 2.22. The smallest absolute Gasteiger partial charge is 0.307 e. The molecule has 2 rings (SSSR count). The molecule has 0 aliphatic carbocycles. The van der Waals surface area contributed by atoms with Crippen LogP contribution in [0.15, 0.2) is 51.1 Å². The molecule has 8 heteroatoms. The lowest BCUT2D eigenvalue weighted by Crippen LogP contribution is -2.32. The molecule has 0 amide bonds. The summed E-state index contributed by atoms with van der Waals surface area (Å²) in [5.74, 6) is -0.403. The predicted octanol–water partition coefficient (Wildman–Crippen LogP) is 3.65. The first-order valence-electron chi connectivity index (χ1n) is 7.37. The summed E-state index contributed by atoms with van der Waals surface area (Å²) < 4.78 is 32.8. The Morgan fingerprint density at radius 1 is 1.25 bits per heavy atom. The van der Waals surface area contributed by atoms with Crippen LogP contribution in [0.5, 0.6) is 0 Å². The molecule has 1 heterocycles. The van der Waals surface area contributed by atoms with E-state index in [1.54, 1.807) is 31.2 Å². The number of hydrogen-bond acceptors (Lipinski definition) is 5. The van der Waals surface area contributed by atoms with Crippen molar-refractivity contribution in [2.75, 3.05) is 13.2 Å². The summed E-state index contributed by atoms with van der Waals surface area (Å²) in [7, 11) is -3.69. The fraction of sp³-hybridized carbons (Fsp3) is 0.312. The van der Waals surface area contributed by atoms with E-state index in [0.717, 1.165) is 9.35 Å². The van der Waals surface area contributed by atoms with Gasteiger partial charge in [-0.25, -0.2) is 8.42 Å². The van der Waals surface area contributed by atoms with Gasteiger partial charge in [0.05, 0.1) is 17.9 Å². The number of halogens is 1. The summed E-state index contributed by atoms with van der Waals surface area (Å²) in [6.45, 7) is 2.31. The Hall–Kier alpha value is -1.22. The molecule has 0 spiro atoms. The van der Waals surface area contributed by atoms with E-state index >= 15 is 0 Å². The van der Waals surface area contributed by atoms with E-state index in [1.807, 2.05) is 17.5 Å². The summed E-state index contributed by atoms with van der Waals surface area (Å²) >= 11 is 4.78. The van der Waals surface area contributed by atoms with Gasteiger partial charge in [0.25, 0.3) is 0 Å². The minimum atomic E-state index is -3.69. The summed E-state index contributed by atoms with van der Waals surface area (Å²) in [5.41, 5.74) is 0. The van der Waals surface area contributed by atoms with Crippen LogP contribution in [0.2, 0.25) is 0 Å². The van der Waals surface area contributed by atoms with Gasteiger partial charge in [-0.15, -0.1) is 11.3 Å². The zero-order valence-electron chi connectivity index (χ0n) is 13.1. The minimum absolute atomic E-state index is 0.0228. The topological polar surface area (TPSA) is 63.7 Å². The van der Waals surface area contributed by atoms with E-state index < -0.39 is 16.0 Å². The standard InChI is InChI=1S/C16H18BrNO4S2/c1-2-22-16(19)9-10-18(12-14-4-3-11-23-14)24(20,21)15-7-5-13(17)6-8-15/h3-8,11H,2,9-10,12H2,1H3. The number of sulfonamides is 1. The van der Waals surface area contributed by atoms with E-state index in [2.05, 4.69) is 15.9 Å². The fourth-order valence-electron chi connectivity index (χ4n) is 2.07. The molecule has 0 aliphatic heterocycles. The summed E-state index contributed by atoms with van der Waals surface area (Å²) in [5, 5.41) is 1.89. The molecule has 0 atom stereocenters. The highest BCUT2D eigenvalue weighted by Gasteiger charge is 2.25. The molecule has 0 radical (unpaired) electrons. The van der Waals surface area contributed by atoms with Crippen LogP contribution in [-0.4, -0.2) is 31.8 Å². The second-order valence-corrected chi connectivity index (χ2v) is 8.81. The summed E-state index contributed by atoms with van der Waals surface area (Å²) in [6.07, 6.45) is 0.0228. The number of carbonyl (C=O) groups excluding carboxylic acids is 1. The van der Waals surface area contributed by atoms with Crippen molar-refractivity contribution in [3.63, 3.8) is 0 Å². The van der Waals surface area contributed by atoms with Crippen molar-refractivity contribution < 1.29 is 17.9 Å². The Morgan fingerprint density at radius 3 is 2.54 bits per heavy atom. The SMILES string of the molecule is CCOC(=O)CCN(Cc1cccs1)S(=O)(=O)c1ccc(Br)cc1. The van der Waals surface area contributed by atoms with Gasteiger partial charge < -0.3 is 4.74 Å². The van der Waals surface area contributed by atoms with Crippen LogP contribution in [0.3, 0.4) is 0 Å². The van der Waals surface area contributed by atoms with Gasteiger partial charge in [-0.2, -0.15) is 4.31 Å². The number of nitrogens with zero attached hydrogens (tertiary/aromatic N) is 1. The van der Waals surface area contributed by atoms with E-state index in [9.17, 15) is 13.2 Å². The molecule has 0 bridgehead atoms. The largest absolute Gasteiger partial charge is 0.466 e. The monoisotopic (exact) mass is 431 g/mol. The number of esters is 1. The van der Waals surface area contributed by atoms with Crippen LogP contribution in [0.25, 0.3) is 0 Å². The van der Waals surface area contributed by atoms with Crippen molar-refractivity contribution in [3.8, 4) is 0 Å². The Kier molecular flexibility index (Phi) is 6.97. The summed E-state index contributed by atoms with van der Waals surface area (Å²) in [6, 6.07) is 10.2. The highest BCUT2D eigenvalue weighted by molar-refractivity contribution is 9.10. The molecule has 5 nitrogen and oxygen atoms in total. The lowest BCUT2D eigenvalue weighted by Gasteiger charge is -2.21. The lowest BCUT2D eigenvalue weighted by atomic mass is 10.4. The van der Waals surface area contributed by atoms with Gasteiger partial charge in [0.1, 0.15) is 0 Å². The van der Waals surface area contributed by atoms with Crippen molar-refractivity contribution >= 4 is 43.3 Å². The van der Waals surface area contributed by atoms with Gasteiger partial charge in [-0.05, 0) is 42.6 Å². The fourth-order valence-corrected chi connectivity index (χ4v) is 4.55. The third-order valence-corrected chi connectivity index (χ3v) is 6.48. The molecule has 2 aromatic rings. The number of rotatable bonds is 8. The van der Waals surface area contributed by atoms with E-state index in [0.29, 0.717) is 0 Å². The Labute approximate surface area is 154 Å². The molecule has 24 heavy (non-hydrogen) atoms. The highest BCUT2D eigenvalue weighted by atomic mass is 79.9. The van der Waals surface area contributed by atoms with Crippen LogP contribution in [0, 0.1) is 0 Å². The van der Waals surface area contributed by atoms with Crippen molar-refractivity contribution in [1.29, 1.82) is 0 Å². The maximum atomic E-state index is 12.9. The summed E-state index contributed by atoms with van der Waals surface area (Å²) in [4.78, 5) is 12.7. The Balaban J connectivity index is 2.22. The van der Waals surface area contributed by atoms with E-state index in [4.69, 9.17) is 4.74 Å². The molecule has 0 saturated heterocycles. The molecule has 0 unspecified atom stereocenters. The average molecular weight is 432 g/mol. The Bertz CT molecular complexity index is 758. The first-order chi connectivity index (χ1) is 11.4. The van der Waals surface area contributed by atoms with E-state index in [-0.39, 0.29) is 31.0 Å². The lowest BCUT2D eigenvalue weighted by molar-refractivity contribution is -0.143. The van der Waals surface area contributed by atoms with E-state index in [1.165, 1.54) is 15.6 Å². The molecule has 1 aromatic carbocycles. The maximum Gasteiger partial charge on any atom is 0.307 e. The molecule has 0 saturated carbocycles. The molecule has 0 N–H and O–H groups in total. The number of ether oxygens (including phenoxy) is 1. The average Bonchev–Trinajstić information content (AvgIpc) is 3.05. The normalized spacial score (nSPS) is 11.6. The molecule has 1 aromatic heterocycles. The van der Waals surface area contributed by atoms with Crippen LogP contribution >= 0.6 is 27.3 Å². The van der Waals surface area contributed by atoms with Gasteiger partial charge in [-0.3, -0.25) is 4.79 Å². The van der Waals surface area contributed by atoms with Crippen LogP contribution < -0.4 is 0 Å². The third-order valence-electron chi connectivity index (χ3n) is 3.23. The molecule has 130 valence electrons. The minimum Gasteiger partial charge on any atom is -0.466 e. The van der Waals surface area contributed by atoms with Crippen LogP contribution in [0.1, 0.15) is 18.2 Å². The first-order valence-corrected chi connectivity index (χ1v) is 10.5. The van der Waals surface area contributed by atoms with Gasteiger partial charge in [0, 0.05) is 22.4 Å². The molecular formula is C16H18BrNO4S2. The number of benzene rings is 1. The van der Waals surface area contributed by atoms with Crippen molar-refractivity contribution in [1.82, 2.24) is 4.31 Å². The van der Waals surface area contributed by atoms with Gasteiger partial charge >= 0.3 is 5.97 Å². The van der Waals surface area contributed by atoms with Crippen LogP contribution in [0.4, 0.5) is 0 Å². The van der Waals surface area contributed by atoms with Crippen molar-refractivity contribution in [2.24, 2.45) is 0 Å². The van der Waals surface area contributed by atoms with Crippen LogP contribution in [-0.2, 0) is 26.1 Å². The quantitative estimate of drug-likeness (QED) is 0.598. The second-order valence-electron chi connectivity index (χ2n) is 4.93. The zero-order valence-corrected chi connectivity index (χ0v) is 16.4. The number of carbonyl (C=O) groups is 1. The molecule has 0 fully saturated rings. The molecular weight excluding hydrogens is 414 g/mol. The molecule has 0 aliphatic rings. The third kappa shape index (κ3) is 5.14. The van der Waals surface area contributed by atoms with Gasteiger partial charge in [0.2, 0.25) is 10.0 Å². The zero-order chi connectivity index (χ0) is 17.6. The Morgan fingerprint density at radius 2 is 1.96 bits per heavy atom.